The van der Waals surface area contributed by atoms with Crippen LogP contribution in [0.5, 0.6) is 5.75 Å². The number of nitrogens with zero attached hydrogens (tertiary/aromatic N) is 1. The van der Waals surface area contributed by atoms with Crippen LogP contribution in [-0.2, 0) is 10.0 Å². The maximum atomic E-state index is 12.2. The molecule has 1 unspecified atom stereocenters. The molecule has 1 N–H and O–H groups in total. The molecular formula is C12H20N2O3S. The Labute approximate surface area is 109 Å². The lowest BCUT2D eigenvalue weighted by atomic mass is 10.3. The average Bonchev–Trinajstić information content (AvgIpc) is 2.38. The average molecular weight is 272 g/mol. The van der Waals surface area contributed by atoms with Crippen molar-refractivity contribution in [3.8, 4) is 5.75 Å². The van der Waals surface area contributed by atoms with Crippen molar-refractivity contribution in [1.82, 2.24) is 5.32 Å². The molecule has 0 aromatic heterocycles. The minimum atomic E-state index is -3.34. The molecule has 0 amide bonds. The van der Waals surface area contributed by atoms with Crippen molar-refractivity contribution in [2.75, 3.05) is 32.1 Å². The number of hydrogen-bond donors (Lipinski definition) is 1. The molecule has 1 aromatic carbocycles. The first-order valence-corrected chi connectivity index (χ1v) is 7.20. The second-order valence-corrected chi connectivity index (χ2v) is 6.46. The van der Waals surface area contributed by atoms with Crippen molar-refractivity contribution in [1.29, 1.82) is 0 Å². The highest BCUT2D eigenvalue weighted by atomic mass is 32.2. The highest BCUT2D eigenvalue weighted by molar-refractivity contribution is 7.93. The van der Waals surface area contributed by atoms with Gasteiger partial charge >= 0.3 is 0 Å². The Morgan fingerprint density at radius 3 is 2.33 bits per heavy atom. The highest BCUT2D eigenvalue weighted by Gasteiger charge is 2.25. The van der Waals surface area contributed by atoms with Crippen LogP contribution in [-0.4, -0.2) is 41.4 Å². The van der Waals surface area contributed by atoms with Gasteiger partial charge in [0, 0.05) is 13.6 Å². The Morgan fingerprint density at radius 1 is 1.33 bits per heavy atom. The Balaban J connectivity index is 2.94. The summed E-state index contributed by atoms with van der Waals surface area (Å²) in [7, 11) is 1.52. The minimum Gasteiger partial charge on any atom is -0.497 e. The number of ether oxygens (including phenoxy) is 1. The lowest BCUT2D eigenvalue weighted by Crippen LogP contribution is -2.39. The molecule has 0 bridgehead atoms. The molecule has 0 radical (unpaired) electrons. The molecule has 6 heteroatoms. The first-order chi connectivity index (χ1) is 8.43. The van der Waals surface area contributed by atoms with E-state index in [1.165, 1.54) is 4.31 Å². The van der Waals surface area contributed by atoms with E-state index in [1.54, 1.807) is 52.4 Å². The van der Waals surface area contributed by atoms with Gasteiger partial charge in [-0.2, -0.15) is 0 Å². The number of benzene rings is 1. The number of anilines is 1. The lowest BCUT2D eigenvalue weighted by molar-refractivity contribution is 0.415. The van der Waals surface area contributed by atoms with Crippen molar-refractivity contribution in [3.05, 3.63) is 24.3 Å². The Bertz CT molecular complexity index is 471. The van der Waals surface area contributed by atoms with E-state index in [1.807, 2.05) is 0 Å². The van der Waals surface area contributed by atoms with Crippen LogP contribution in [0.2, 0.25) is 0 Å². The molecule has 0 aliphatic heterocycles. The topological polar surface area (TPSA) is 58.6 Å². The van der Waals surface area contributed by atoms with E-state index < -0.39 is 15.3 Å². The lowest BCUT2D eigenvalue weighted by Gasteiger charge is -2.23. The summed E-state index contributed by atoms with van der Waals surface area (Å²) in [6.45, 7) is 2.11. The fourth-order valence-corrected chi connectivity index (χ4v) is 2.93. The van der Waals surface area contributed by atoms with E-state index >= 15 is 0 Å². The van der Waals surface area contributed by atoms with Crippen molar-refractivity contribution in [2.24, 2.45) is 0 Å². The molecule has 102 valence electrons. The fraction of sp³-hybridized carbons (Fsp3) is 0.500. The molecule has 0 saturated heterocycles. The second-order valence-electron chi connectivity index (χ2n) is 4.08. The normalized spacial score (nSPS) is 13.1. The van der Waals surface area contributed by atoms with Gasteiger partial charge in [-0.1, -0.05) is 0 Å². The van der Waals surface area contributed by atoms with Crippen LogP contribution < -0.4 is 14.4 Å². The number of methoxy groups -OCH3 is 1. The van der Waals surface area contributed by atoms with Gasteiger partial charge in [-0.05, 0) is 38.2 Å². The molecule has 18 heavy (non-hydrogen) atoms. The van der Waals surface area contributed by atoms with Gasteiger partial charge in [0.25, 0.3) is 0 Å². The first-order valence-electron chi connectivity index (χ1n) is 5.70. The van der Waals surface area contributed by atoms with E-state index in [0.29, 0.717) is 18.0 Å². The zero-order valence-electron chi connectivity index (χ0n) is 11.2. The van der Waals surface area contributed by atoms with E-state index in [0.717, 1.165) is 0 Å². The van der Waals surface area contributed by atoms with Crippen LogP contribution in [0.3, 0.4) is 0 Å². The van der Waals surface area contributed by atoms with Gasteiger partial charge in [-0.15, -0.1) is 0 Å². The van der Waals surface area contributed by atoms with Gasteiger partial charge in [0.1, 0.15) is 5.75 Å². The molecule has 0 saturated carbocycles. The van der Waals surface area contributed by atoms with E-state index in [4.69, 9.17) is 4.74 Å². The van der Waals surface area contributed by atoms with Crippen molar-refractivity contribution in [2.45, 2.75) is 12.2 Å². The zero-order chi connectivity index (χ0) is 13.8. The summed E-state index contributed by atoms with van der Waals surface area (Å²) in [5, 5.41) is 2.40. The molecule has 0 fully saturated rings. The third-order valence-corrected chi connectivity index (χ3v) is 4.98. The number of nitrogens with one attached hydrogen (secondary N) is 1. The predicted octanol–water partition coefficient (Wildman–Crippen LogP) is 1.07. The van der Waals surface area contributed by atoms with Crippen LogP contribution in [0.1, 0.15) is 6.92 Å². The fourth-order valence-electron chi connectivity index (χ4n) is 1.60. The molecule has 1 atom stereocenters. The number of hydrogen-bond acceptors (Lipinski definition) is 4. The summed E-state index contributed by atoms with van der Waals surface area (Å²) in [5.41, 5.74) is 0.624. The monoisotopic (exact) mass is 272 g/mol. The van der Waals surface area contributed by atoms with Crippen LogP contribution in [0, 0.1) is 0 Å². The van der Waals surface area contributed by atoms with Gasteiger partial charge in [-0.25, -0.2) is 8.42 Å². The highest BCUT2D eigenvalue weighted by Crippen LogP contribution is 2.21. The third kappa shape index (κ3) is 3.14. The molecule has 1 aromatic rings. The quantitative estimate of drug-likeness (QED) is 0.841. The molecule has 0 aliphatic rings. The van der Waals surface area contributed by atoms with E-state index in [-0.39, 0.29) is 0 Å². The molecule has 0 aliphatic carbocycles. The van der Waals surface area contributed by atoms with Gasteiger partial charge in [0.2, 0.25) is 10.0 Å². The largest absolute Gasteiger partial charge is 0.497 e. The Kier molecular flexibility index (Phi) is 4.98. The van der Waals surface area contributed by atoms with Gasteiger partial charge in [-0.3, -0.25) is 4.31 Å². The smallest absolute Gasteiger partial charge is 0.238 e. The molecule has 5 nitrogen and oxygen atoms in total. The van der Waals surface area contributed by atoms with Crippen LogP contribution in [0.4, 0.5) is 5.69 Å². The summed E-state index contributed by atoms with van der Waals surface area (Å²) >= 11 is 0. The Morgan fingerprint density at radius 2 is 1.89 bits per heavy atom. The van der Waals surface area contributed by atoms with Crippen molar-refractivity contribution in [3.63, 3.8) is 0 Å². The summed E-state index contributed by atoms with van der Waals surface area (Å²) in [5.74, 6) is 0.702. The number of rotatable bonds is 6. The second kappa shape index (κ2) is 6.06. The van der Waals surface area contributed by atoms with Gasteiger partial charge < -0.3 is 10.1 Å². The zero-order valence-corrected chi connectivity index (χ0v) is 12.0. The van der Waals surface area contributed by atoms with Gasteiger partial charge in [0.05, 0.1) is 18.0 Å². The predicted molar refractivity (Wildman–Crippen MR) is 73.7 cm³/mol. The van der Waals surface area contributed by atoms with Gasteiger partial charge in [0.15, 0.2) is 0 Å². The number of sulfonamides is 1. The maximum absolute atomic E-state index is 12.2. The van der Waals surface area contributed by atoms with Crippen LogP contribution >= 0.6 is 0 Å². The molecule has 1 rings (SSSR count). The minimum absolute atomic E-state index is 0.419. The molecule has 0 spiro atoms. The standard InChI is InChI=1S/C12H20N2O3S/c1-10(9-13-2)18(15,16)14(3)11-5-7-12(17-4)8-6-11/h5-8,10,13H,9H2,1-4H3. The van der Waals surface area contributed by atoms with Crippen molar-refractivity contribution >= 4 is 15.7 Å². The Hall–Kier alpha value is -1.27. The summed E-state index contributed by atoms with van der Waals surface area (Å²) in [6.07, 6.45) is 0. The first kappa shape index (κ1) is 14.8. The van der Waals surface area contributed by atoms with Crippen LogP contribution in [0.15, 0.2) is 24.3 Å². The third-order valence-electron chi connectivity index (χ3n) is 2.82. The van der Waals surface area contributed by atoms with E-state index in [2.05, 4.69) is 5.32 Å². The molecule has 0 heterocycles. The van der Waals surface area contributed by atoms with E-state index in [9.17, 15) is 8.42 Å². The summed E-state index contributed by atoms with van der Waals surface area (Å²) in [4.78, 5) is 0. The van der Waals surface area contributed by atoms with Crippen LogP contribution in [0.25, 0.3) is 0 Å². The summed E-state index contributed by atoms with van der Waals surface area (Å²) < 4.78 is 30.8. The maximum Gasteiger partial charge on any atom is 0.238 e. The molecular weight excluding hydrogens is 252 g/mol. The summed E-state index contributed by atoms with van der Waals surface area (Å²) in [6, 6.07) is 6.93. The van der Waals surface area contributed by atoms with Crippen molar-refractivity contribution < 1.29 is 13.2 Å². The SMILES string of the molecule is CNCC(C)S(=O)(=O)N(C)c1ccc(OC)cc1.